The van der Waals surface area contributed by atoms with Gasteiger partial charge in [-0.05, 0) is 20.0 Å². The molecule has 17 heavy (non-hydrogen) atoms. The Hall–Kier alpha value is -1.16. The van der Waals surface area contributed by atoms with Crippen molar-refractivity contribution in [2.24, 2.45) is 0 Å². The van der Waals surface area contributed by atoms with Crippen molar-refractivity contribution in [3.05, 3.63) is 18.2 Å². The lowest BCUT2D eigenvalue weighted by Crippen LogP contribution is -2.26. The molecule has 0 unspecified atom stereocenters. The van der Waals surface area contributed by atoms with Crippen LogP contribution in [0.1, 0.15) is 33.0 Å². The van der Waals surface area contributed by atoms with E-state index in [1.165, 1.54) is 0 Å². The van der Waals surface area contributed by atoms with E-state index in [-0.39, 0.29) is 5.78 Å². The lowest BCUT2D eigenvalue weighted by molar-refractivity contribution is -0.118. The van der Waals surface area contributed by atoms with Gasteiger partial charge in [-0.1, -0.05) is 13.8 Å². The molecule has 0 N–H and O–H groups in total. The van der Waals surface area contributed by atoms with Crippen LogP contribution in [0.4, 0.5) is 0 Å². The summed E-state index contributed by atoms with van der Waals surface area (Å²) in [7, 11) is 0. The molecule has 1 heterocycles. The fourth-order valence-electron chi connectivity index (χ4n) is 1.88. The third kappa shape index (κ3) is 4.30. The van der Waals surface area contributed by atoms with Crippen molar-refractivity contribution in [2.75, 3.05) is 19.6 Å². The molecule has 0 saturated carbocycles. The first-order valence-corrected chi connectivity index (χ1v) is 6.45. The molecule has 4 heteroatoms. The van der Waals surface area contributed by atoms with Crippen molar-refractivity contribution in [1.82, 2.24) is 14.5 Å². The minimum absolute atomic E-state index is 0.276. The Morgan fingerprint density at radius 2 is 2.06 bits per heavy atom. The highest BCUT2D eigenvalue weighted by Gasteiger charge is 2.09. The summed E-state index contributed by atoms with van der Waals surface area (Å²) < 4.78 is 2.02. The highest BCUT2D eigenvalue weighted by atomic mass is 16.1. The van der Waals surface area contributed by atoms with Crippen LogP contribution in [0.15, 0.2) is 12.4 Å². The summed E-state index contributed by atoms with van der Waals surface area (Å²) in [5, 5.41) is 0. The van der Waals surface area contributed by atoms with E-state index in [2.05, 4.69) is 30.7 Å². The van der Waals surface area contributed by atoms with Gasteiger partial charge in [0.1, 0.15) is 11.6 Å². The molecular formula is C13H23N3O. The molecule has 96 valence electrons. The topological polar surface area (TPSA) is 38.1 Å². The summed E-state index contributed by atoms with van der Waals surface area (Å²) in [5.74, 6) is 1.16. The molecule has 0 aliphatic rings. The van der Waals surface area contributed by atoms with E-state index in [0.29, 0.717) is 12.8 Å². The maximum absolute atomic E-state index is 11.8. The quantitative estimate of drug-likeness (QED) is 0.691. The molecule has 0 amide bonds. The third-order valence-corrected chi connectivity index (χ3v) is 3.10. The summed E-state index contributed by atoms with van der Waals surface area (Å²) >= 11 is 0. The van der Waals surface area contributed by atoms with Crippen LogP contribution in [-0.4, -0.2) is 39.9 Å². The number of ketones is 1. The molecule has 0 saturated heterocycles. The van der Waals surface area contributed by atoms with Gasteiger partial charge in [0.15, 0.2) is 0 Å². The SMILES string of the molecule is CCN(CC)CCC(=O)Cc1nccn1CC. The van der Waals surface area contributed by atoms with Crippen molar-refractivity contribution in [2.45, 2.75) is 40.2 Å². The molecule has 0 bridgehead atoms. The van der Waals surface area contributed by atoms with Gasteiger partial charge in [0.25, 0.3) is 0 Å². The first-order chi connectivity index (χ1) is 8.21. The summed E-state index contributed by atoms with van der Waals surface area (Å²) in [6, 6.07) is 0. The molecule has 0 fully saturated rings. The van der Waals surface area contributed by atoms with Gasteiger partial charge in [0.2, 0.25) is 0 Å². The highest BCUT2D eigenvalue weighted by Crippen LogP contribution is 2.02. The number of aryl methyl sites for hydroxylation is 1. The van der Waals surface area contributed by atoms with Gasteiger partial charge in [-0.25, -0.2) is 4.98 Å². The number of hydrogen-bond donors (Lipinski definition) is 0. The minimum atomic E-state index is 0.276. The zero-order chi connectivity index (χ0) is 12.7. The molecule has 0 radical (unpaired) electrons. The average molecular weight is 237 g/mol. The number of nitrogens with zero attached hydrogens (tertiary/aromatic N) is 3. The number of aromatic nitrogens is 2. The molecule has 0 aromatic carbocycles. The molecule has 0 atom stereocenters. The fourth-order valence-corrected chi connectivity index (χ4v) is 1.88. The van der Waals surface area contributed by atoms with E-state index >= 15 is 0 Å². The molecule has 1 rings (SSSR count). The molecular weight excluding hydrogens is 214 g/mol. The third-order valence-electron chi connectivity index (χ3n) is 3.10. The summed E-state index contributed by atoms with van der Waals surface area (Å²) in [5.41, 5.74) is 0. The smallest absolute Gasteiger partial charge is 0.141 e. The van der Waals surface area contributed by atoms with Gasteiger partial charge in [-0.3, -0.25) is 4.79 Å². The van der Waals surface area contributed by atoms with Crippen molar-refractivity contribution in [3.8, 4) is 0 Å². The standard InChI is InChI=1S/C13H23N3O/c1-4-15(5-2)9-7-12(17)11-13-14-8-10-16(13)6-3/h8,10H,4-7,9,11H2,1-3H3. The Kier molecular flexibility index (Phi) is 5.91. The van der Waals surface area contributed by atoms with Gasteiger partial charge in [0.05, 0.1) is 6.42 Å². The van der Waals surface area contributed by atoms with Crippen molar-refractivity contribution in [3.63, 3.8) is 0 Å². The van der Waals surface area contributed by atoms with Gasteiger partial charge in [0, 0.05) is 31.9 Å². The maximum atomic E-state index is 11.8. The summed E-state index contributed by atoms with van der Waals surface area (Å²) in [6.07, 6.45) is 4.77. The summed E-state index contributed by atoms with van der Waals surface area (Å²) in [4.78, 5) is 18.3. The van der Waals surface area contributed by atoms with Crippen LogP contribution >= 0.6 is 0 Å². The van der Waals surface area contributed by atoms with Crippen LogP contribution < -0.4 is 0 Å². The Balaban J connectivity index is 2.39. The maximum Gasteiger partial charge on any atom is 0.141 e. The summed E-state index contributed by atoms with van der Waals surface area (Å²) in [6.45, 7) is 10.1. The van der Waals surface area contributed by atoms with E-state index in [9.17, 15) is 4.79 Å². The van der Waals surface area contributed by atoms with E-state index in [1.807, 2.05) is 10.8 Å². The van der Waals surface area contributed by atoms with Crippen molar-refractivity contribution < 1.29 is 4.79 Å². The second-order valence-electron chi connectivity index (χ2n) is 4.12. The number of carbonyl (C=O) groups is 1. The Morgan fingerprint density at radius 3 is 2.65 bits per heavy atom. The van der Waals surface area contributed by atoms with E-state index in [1.54, 1.807) is 6.20 Å². The van der Waals surface area contributed by atoms with Gasteiger partial charge in [-0.15, -0.1) is 0 Å². The molecule has 4 nitrogen and oxygen atoms in total. The largest absolute Gasteiger partial charge is 0.335 e. The number of Topliss-reactive ketones (excluding diaryl/α,β-unsaturated/α-hetero) is 1. The highest BCUT2D eigenvalue weighted by molar-refractivity contribution is 5.80. The normalized spacial score (nSPS) is 11.1. The van der Waals surface area contributed by atoms with Crippen molar-refractivity contribution >= 4 is 5.78 Å². The van der Waals surface area contributed by atoms with E-state index < -0.39 is 0 Å². The van der Waals surface area contributed by atoms with Gasteiger partial charge >= 0.3 is 0 Å². The molecule has 0 aliphatic carbocycles. The predicted molar refractivity (Wildman–Crippen MR) is 69.0 cm³/mol. The second kappa shape index (κ2) is 7.22. The number of rotatable bonds is 8. The van der Waals surface area contributed by atoms with Gasteiger partial charge in [-0.2, -0.15) is 0 Å². The van der Waals surface area contributed by atoms with Crippen molar-refractivity contribution in [1.29, 1.82) is 0 Å². The molecule has 0 spiro atoms. The first kappa shape index (κ1) is 13.9. The monoisotopic (exact) mass is 237 g/mol. The van der Waals surface area contributed by atoms with Crippen LogP contribution in [0.3, 0.4) is 0 Å². The second-order valence-corrected chi connectivity index (χ2v) is 4.12. The molecule has 1 aromatic rings. The van der Waals surface area contributed by atoms with Gasteiger partial charge < -0.3 is 9.47 Å². The number of hydrogen-bond acceptors (Lipinski definition) is 3. The van der Waals surface area contributed by atoms with Crippen LogP contribution in [0, 0.1) is 0 Å². The first-order valence-electron chi connectivity index (χ1n) is 6.45. The number of imidazole rings is 1. The fraction of sp³-hybridized carbons (Fsp3) is 0.692. The predicted octanol–water partition coefficient (Wildman–Crippen LogP) is 1.75. The van der Waals surface area contributed by atoms with Crippen LogP contribution in [0.25, 0.3) is 0 Å². The lowest BCUT2D eigenvalue weighted by Gasteiger charge is -2.17. The average Bonchev–Trinajstić information content (AvgIpc) is 2.77. The van der Waals surface area contributed by atoms with Crippen LogP contribution in [-0.2, 0) is 17.8 Å². The minimum Gasteiger partial charge on any atom is -0.335 e. The molecule has 0 aliphatic heterocycles. The Morgan fingerprint density at radius 1 is 1.35 bits per heavy atom. The van der Waals surface area contributed by atoms with Crippen LogP contribution in [0.2, 0.25) is 0 Å². The lowest BCUT2D eigenvalue weighted by atomic mass is 10.2. The van der Waals surface area contributed by atoms with E-state index in [4.69, 9.17) is 0 Å². The zero-order valence-corrected chi connectivity index (χ0v) is 11.1. The van der Waals surface area contributed by atoms with Crippen LogP contribution in [0.5, 0.6) is 0 Å². The Labute approximate surface area is 104 Å². The number of carbonyl (C=O) groups excluding carboxylic acids is 1. The Bertz CT molecular complexity index is 342. The molecule has 1 aromatic heterocycles. The van der Waals surface area contributed by atoms with E-state index in [0.717, 1.165) is 32.0 Å². The zero-order valence-electron chi connectivity index (χ0n) is 11.1.